The number of hydrogen-bond donors (Lipinski definition) is 1. The quantitative estimate of drug-likeness (QED) is 0.255. The van der Waals surface area contributed by atoms with Crippen LogP contribution in [0.2, 0.25) is 0 Å². The Balaban J connectivity index is 1.73. The molecule has 0 spiro atoms. The molecule has 184 valence electrons. The van der Waals surface area contributed by atoms with Gasteiger partial charge in [0.05, 0.1) is 22.2 Å². The fraction of sp³-hybridized carbons (Fsp3) is 0.250. The Hall–Kier alpha value is -3.06. The molecule has 11 heteroatoms. The molecule has 3 rings (SSSR count). The maximum atomic E-state index is 12.8. The Bertz CT molecular complexity index is 1200. The Morgan fingerprint density at radius 1 is 1.20 bits per heavy atom. The number of imide groups is 1. The van der Waals surface area contributed by atoms with Crippen molar-refractivity contribution < 1.29 is 33.4 Å². The van der Waals surface area contributed by atoms with Crippen LogP contribution in [0.5, 0.6) is 11.5 Å². The van der Waals surface area contributed by atoms with Gasteiger partial charge in [-0.2, -0.15) is 0 Å². The number of rotatable bonds is 9. The predicted octanol–water partition coefficient (Wildman–Crippen LogP) is 4.23. The summed E-state index contributed by atoms with van der Waals surface area (Å²) in [5.74, 6) is -0.822. The first-order valence-corrected chi connectivity index (χ1v) is 12.4. The molecule has 0 unspecified atom stereocenters. The van der Waals surface area contributed by atoms with Gasteiger partial charge in [-0.15, -0.1) is 0 Å². The second-order valence-electron chi connectivity index (χ2n) is 7.26. The second kappa shape index (κ2) is 12.1. The average molecular weight is 610 g/mol. The molecule has 1 aliphatic heterocycles. The van der Waals surface area contributed by atoms with Crippen LogP contribution >= 0.6 is 34.4 Å². The molecule has 1 saturated heterocycles. The SMILES string of the molecule is CCOC(=O)COc1c(I)cc(/C=C2/SC(=O)N(CC(=O)Nc3ccccc3C)C2=O)cc1OC. The first-order chi connectivity index (χ1) is 16.7. The number of nitrogens with zero attached hydrogens (tertiary/aromatic N) is 1. The molecule has 0 atom stereocenters. The van der Waals surface area contributed by atoms with Crippen LogP contribution in [0.4, 0.5) is 10.5 Å². The molecule has 9 nitrogen and oxygen atoms in total. The number of hydrogen-bond acceptors (Lipinski definition) is 8. The minimum absolute atomic E-state index is 0.178. The molecule has 1 heterocycles. The lowest BCUT2D eigenvalue weighted by molar-refractivity contribution is -0.145. The highest BCUT2D eigenvalue weighted by Crippen LogP contribution is 2.37. The fourth-order valence-corrected chi connectivity index (χ4v) is 4.75. The number of carbonyl (C=O) groups excluding carboxylic acids is 4. The molecule has 0 radical (unpaired) electrons. The second-order valence-corrected chi connectivity index (χ2v) is 9.41. The van der Waals surface area contributed by atoms with Crippen LogP contribution in [-0.2, 0) is 19.1 Å². The molecule has 2 aromatic carbocycles. The molecule has 0 aromatic heterocycles. The van der Waals surface area contributed by atoms with Gasteiger partial charge in [-0.1, -0.05) is 18.2 Å². The highest BCUT2D eigenvalue weighted by atomic mass is 127. The van der Waals surface area contributed by atoms with Crippen LogP contribution in [0.1, 0.15) is 18.1 Å². The molecule has 35 heavy (non-hydrogen) atoms. The number of halogens is 1. The molecule has 1 fully saturated rings. The van der Waals surface area contributed by atoms with Crippen molar-refractivity contribution >= 4 is 69.1 Å². The number of aryl methyl sites for hydroxylation is 1. The molecule has 3 amide bonds. The largest absolute Gasteiger partial charge is 0.493 e. The summed E-state index contributed by atoms with van der Waals surface area (Å²) in [5.41, 5.74) is 2.07. The number of benzene rings is 2. The molecule has 0 saturated carbocycles. The normalized spacial score (nSPS) is 14.3. The zero-order valence-electron chi connectivity index (χ0n) is 19.3. The number of thioether (sulfide) groups is 1. The molecular formula is C24H23IN2O7S. The van der Waals surface area contributed by atoms with Gasteiger partial charge in [-0.25, -0.2) is 4.79 Å². The topological polar surface area (TPSA) is 111 Å². The number of nitrogens with one attached hydrogen (secondary N) is 1. The van der Waals surface area contributed by atoms with E-state index in [2.05, 4.69) is 5.32 Å². The number of methoxy groups -OCH3 is 1. The van der Waals surface area contributed by atoms with Gasteiger partial charge < -0.3 is 19.5 Å². The highest BCUT2D eigenvalue weighted by molar-refractivity contribution is 14.1. The summed E-state index contributed by atoms with van der Waals surface area (Å²) in [4.78, 5) is 50.4. The number of amides is 3. The Labute approximate surface area is 220 Å². The van der Waals surface area contributed by atoms with Crippen LogP contribution in [0.15, 0.2) is 41.3 Å². The third-order valence-electron chi connectivity index (χ3n) is 4.78. The van der Waals surface area contributed by atoms with E-state index in [-0.39, 0.29) is 18.1 Å². The van der Waals surface area contributed by atoms with Gasteiger partial charge in [0.1, 0.15) is 6.54 Å². The smallest absolute Gasteiger partial charge is 0.344 e. The van der Waals surface area contributed by atoms with Gasteiger partial charge in [0.15, 0.2) is 18.1 Å². The summed E-state index contributed by atoms with van der Waals surface area (Å²) in [6.45, 7) is 3.13. The highest BCUT2D eigenvalue weighted by Gasteiger charge is 2.36. The van der Waals surface area contributed by atoms with Crippen molar-refractivity contribution in [1.29, 1.82) is 0 Å². The number of esters is 1. The monoisotopic (exact) mass is 610 g/mol. The van der Waals surface area contributed by atoms with Crippen LogP contribution in [0.25, 0.3) is 6.08 Å². The van der Waals surface area contributed by atoms with E-state index in [9.17, 15) is 19.2 Å². The first-order valence-electron chi connectivity index (χ1n) is 10.5. The summed E-state index contributed by atoms with van der Waals surface area (Å²) in [6, 6.07) is 10.6. The number of ether oxygens (including phenoxy) is 3. The van der Waals surface area contributed by atoms with Gasteiger partial charge in [-0.05, 0) is 83.6 Å². The number of carbonyl (C=O) groups is 4. The van der Waals surface area contributed by atoms with Crippen LogP contribution in [0.3, 0.4) is 0 Å². The summed E-state index contributed by atoms with van der Waals surface area (Å²) < 4.78 is 16.4. The summed E-state index contributed by atoms with van der Waals surface area (Å²) in [5, 5.41) is 2.19. The predicted molar refractivity (Wildman–Crippen MR) is 140 cm³/mol. The third kappa shape index (κ3) is 6.75. The Morgan fingerprint density at radius 2 is 1.94 bits per heavy atom. The van der Waals surface area contributed by atoms with E-state index in [1.807, 2.05) is 41.6 Å². The number of anilines is 1. The molecule has 1 N–H and O–H groups in total. The van der Waals surface area contributed by atoms with Crippen molar-refractivity contribution in [2.24, 2.45) is 0 Å². The lowest BCUT2D eigenvalue weighted by atomic mass is 10.2. The fourth-order valence-electron chi connectivity index (χ4n) is 3.13. The van der Waals surface area contributed by atoms with Gasteiger partial charge in [0, 0.05) is 5.69 Å². The van der Waals surface area contributed by atoms with Crippen molar-refractivity contribution in [3.05, 3.63) is 56.0 Å². The van der Waals surface area contributed by atoms with Crippen molar-refractivity contribution in [3.8, 4) is 11.5 Å². The molecule has 2 aromatic rings. The number of para-hydroxylation sites is 1. The molecule has 0 aliphatic carbocycles. The van der Waals surface area contributed by atoms with Crippen LogP contribution < -0.4 is 14.8 Å². The van der Waals surface area contributed by atoms with Crippen molar-refractivity contribution in [3.63, 3.8) is 0 Å². The Morgan fingerprint density at radius 3 is 2.63 bits per heavy atom. The average Bonchev–Trinajstić information content (AvgIpc) is 3.07. The maximum absolute atomic E-state index is 12.8. The lowest BCUT2D eigenvalue weighted by Gasteiger charge is -2.14. The summed E-state index contributed by atoms with van der Waals surface area (Å²) in [6.07, 6.45) is 1.55. The zero-order chi connectivity index (χ0) is 25.5. The van der Waals surface area contributed by atoms with Gasteiger partial charge in [0.25, 0.3) is 11.1 Å². The van der Waals surface area contributed by atoms with Crippen LogP contribution in [0, 0.1) is 10.5 Å². The van der Waals surface area contributed by atoms with Gasteiger partial charge in [0.2, 0.25) is 5.91 Å². The van der Waals surface area contributed by atoms with Crippen molar-refractivity contribution in [2.75, 3.05) is 32.2 Å². The molecular weight excluding hydrogens is 587 g/mol. The van der Waals surface area contributed by atoms with E-state index >= 15 is 0 Å². The van der Waals surface area contributed by atoms with Crippen molar-refractivity contribution in [2.45, 2.75) is 13.8 Å². The van der Waals surface area contributed by atoms with Crippen LogP contribution in [-0.4, -0.2) is 54.8 Å². The van der Waals surface area contributed by atoms with Gasteiger partial charge >= 0.3 is 5.97 Å². The minimum Gasteiger partial charge on any atom is -0.493 e. The van der Waals surface area contributed by atoms with Crippen molar-refractivity contribution in [1.82, 2.24) is 4.90 Å². The van der Waals surface area contributed by atoms with E-state index < -0.39 is 29.6 Å². The molecule has 0 bridgehead atoms. The minimum atomic E-state index is -0.559. The first kappa shape index (κ1) is 26.5. The molecule has 1 aliphatic rings. The standard InChI is InChI=1S/C24H23IN2O7S/c1-4-33-21(29)13-34-22-16(25)9-15(10-18(22)32-3)11-19-23(30)27(24(31)35-19)12-20(28)26-17-8-6-5-7-14(17)2/h5-11H,4,12-13H2,1-3H3,(H,26,28)/b19-11+. The van der Waals surface area contributed by atoms with E-state index in [4.69, 9.17) is 14.2 Å². The third-order valence-corrected chi connectivity index (χ3v) is 6.49. The summed E-state index contributed by atoms with van der Waals surface area (Å²) >= 11 is 2.78. The van der Waals surface area contributed by atoms with Gasteiger partial charge in [-0.3, -0.25) is 19.3 Å². The van der Waals surface area contributed by atoms with E-state index in [0.29, 0.717) is 26.3 Å². The maximum Gasteiger partial charge on any atom is 0.344 e. The van der Waals surface area contributed by atoms with E-state index in [1.54, 1.807) is 37.3 Å². The Kier molecular flexibility index (Phi) is 9.15. The van der Waals surface area contributed by atoms with E-state index in [1.165, 1.54) is 7.11 Å². The zero-order valence-corrected chi connectivity index (χ0v) is 22.2. The summed E-state index contributed by atoms with van der Waals surface area (Å²) in [7, 11) is 1.45. The van der Waals surface area contributed by atoms with E-state index in [0.717, 1.165) is 22.2 Å². The lowest BCUT2D eigenvalue weighted by Crippen LogP contribution is -2.36.